The minimum atomic E-state index is -0.180. The maximum Gasteiger partial charge on any atom is 0.274 e. The average Bonchev–Trinajstić information content (AvgIpc) is 2.73. The van der Waals surface area contributed by atoms with E-state index in [2.05, 4.69) is 28.1 Å². The minimum absolute atomic E-state index is 0.180. The van der Waals surface area contributed by atoms with Crippen molar-refractivity contribution >= 4 is 28.2 Å². The predicted molar refractivity (Wildman–Crippen MR) is 110 cm³/mol. The van der Waals surface area contributed by atoms with Gasteiger partial charge in [0, 0.05) is 37.3 Å². The van der Waals surface area contributed by atoms with Gasteiger partial charge in [-0.15, -0.1) is 0 Å². The van der Waals surface area contributed by atoms with Gasteiger partial charge in [0.1, 0.15) is 11.5 Å². The van der Waals surface area contributed by atoms with Gasteiger partial charge in [-0.25, -0.2) is 4.98 Å². The highest BCUT2D eigenvalue weighted by Gasteiger charge is 2.21. The molecule has 0 radical (unpaired) electrons. The Bertz CT molecular complexity index is 933. The molecule has 4 rings (SSSR count). The third-order valence-corrected chi connectivity index (χ3v) is 5.10. The first-order valence-electron chi connectivity index (χ1n) is 9.48. The zero-order valence-electron chi connectivity index (χ0n) is 15.6. The first-order chi connectivity index (χ1) is 13.2. The molecule has 2 aromatic carbocycles. The zero-order chi connectivity index (χ0) is 18.6. The van der Waals surface area contributed by atoms with E-state index in [1.165, 1.54) is 0 Å². The molecule has 3 aromatic rings. The number of nitrogens with zero attached hydrogens (tertiary/aromatic N) is 3. The van der Waals surface area contributed by atoms with Crippen molar-refractivity contribution < 1.29 is 4.79 Å². The molecule has 0 spiro atoms. The van der Waals surface area contributed by atoms with Crippen LogP contribution >= 0.6 is 0 Å². The Morgan fingerprint density at radius 1 is 1.00 bits per heavy atom. The molecule has 2 heterocycles. The van der Waals surface area contributed by atoms with Gasteiger partial charge in [0.25, 0.3) is 5.91 Å². The number of piperazine rings is 1. The van der Waals surface area contributed by atoms with Crippen molar-refractivity contribution in [3.05, 3.63) is 66.4 Å². The van der Waals surface area contributed by atoms with Crippen molar-refractivity contribution in [3.8, 4) is 0 Å². The summed E-state index contributed by atoms with van der Waals surface area (Å²) in [6.45, 7) is 7.16. The Hall–Kier alpha value is -2.92. The number of pyridine rings is 1. The lowest BCUT2D eigenvalue weighted by Gasteiger charge is -2.35. The van der Waals surface area contributed by atoms with E-state index in [1.54, 1.807) is 0 Å². The van der Waals surface area contributed by atoms with Crippen molar-refractivity contribution in [2.75, 3.05) is 42.9 Å². The zero-order valence-corrected chi connectivity index (χ0v) is 15.6. The summed E-state index contributed by atoms with van der Waals surface area (Å²) in [6.07, 6.45) is 0. The van der Waals surface area contributed by atoms with Crippen LogP contribution in [0.2, 0.25) is 0 Å². The number of rotatable bonds is 4. The first kappa shape index (κ1) is 17.5. The smallest absolute Gasteiger partial charge is 0.274 e. The van der Waals surface area contributed by atoms with Crippen molar-refractivity contribution in [3.63, 3.8) is 0 Å². The lowest BCUT2D eigenvalue weighted by molar-refractivity contribution is 0.102. The first-order valence-corrected chi connectivity index (χ1v) is 9.48. The summed E-state index contributed by atoms with van der Waals surface area (Å²) in [5.41, 5.74) is 1.22. The van der Waals surface area contributed by atoms with Gasteiger partial charge in [0.2, 0.25) is 0 Å². The number of likely N-dealkylation sites (N-methyl/N-ethyl adjacent to an activating group) is 1. The molecule has 1 aliphatic rings. The average molecular weight is 360 g/mol. The molecule has 1 aromatic heterocycles. The number of fused-ring (bicyclic) bond motifs is 1. The van der Waals surface area contributed by atoms with Gasteiger partial charge < -0.3 is 15.1 Å². The van der Waals surface area contributed by atoms with E-state index in [0.29, 0.717) is 5.69 Å². The number of amides is 1. The molecule has 138 valence electrons. The van der Waals surface area contributed by atoms with E-state index in [-0.39, 0.29) is 5.91 Å². The largest absolute Gasteiger partial charge is 0.354 e. The number of hydrogen-bond acceptors (Lipinski definition) is 4. The van der Waals surface area contributed by atoms with Crippen LogP contribution in [0.15, 0.2) is 60.7 Å². The highest BCUT2D eigenvalue weighted by atomic mass is 16.1. The molecular formula is C22H24N4O. The Morgan fingerprint density at radius 2 is 1.70 bits per heavy atom. The number of anilines is 2. The number of carbonyl (C=O) groups is 1. The molecule has 0 unspecified atom stereocenters. The van der Waals surface area contributed by atoms with Gasteiger partial charge in [-0.3, -0.25) is 4.79 Å². The van der Waals surface area contributed by atoms with E-state index in [1.807, 2.05) is 54.6 Å². The van der Waals surface area contributed by atoms with Gasteiger partial charge in [0.05, 0.1) is 0 Å². The summed E-state index contributed by atoms with van der Waals surface area (Å²) in [4.78, 5) is 22.3. The third kappa shape index (κ3) is 3.78. The molecule has 0 saturated carbocycles. The van der Waals surface area contributed by atoms with Crippen molar-refractivity contribution in [1.82, 2.24) is 9.88 Å². The fourth-order valence-electron chi connectivity index (χ4n) is 3.53. The normalized spacial score (nSPS) is 15.1. The molecule has 1 amide bonds. The number of carbonyl (C=O) groups excluding carboxylic acids is 1. The second-order valence-corrected chi connectivity index (χ2v) is 6.79. The topological polar surface area (TPSA) is 48.5 Å². The van der Waals surface area contributed by atoms with Crippen molar-refractivity contribution in [1.29, 1.82) is 0 Å². The molecule has 5 nitrogen and oxygen atoms in total. The lowest BCUT2D eigenvalue weighted by atomic mass is 10.1. The summed E-state index contributed by atoms with van der Waals surface area (Å²) < 4.78 is 0. The quantitative estimate of drug-likeness (QED) is 0.772. The maximum atomic E-state index is 12.8. The summed E-state index contributed by atoms with van der Waals surface area (Å²) in [6, 6.07) is 19.5. The standard InChI is InChI=1S/C22H24N4O/c1-2-25-12-14-26(15-13-25)21-19-11-7-6-8-17(19)16-20(24-21)22(27)23-18-9-4-3-5-10-18/h3-11,16H,2,12-15H2,1H3,(H,23,27). The molecule has 5 heteroatoms. The number of para-hydroxylation sites is 1. The van der Waals surface area contributed by atoms with Crippen molar-refractivity contribution in [2.24, 2.45) is 0 Å². The van der Waals surface area contributed by atoms with Crippen LogP contribution in [0.25, 0.3) is 10.8 Å². The number of benzene rings is 2. The van der Waals surface area contributed by atoms with Crippen LogP contribution in [0.1, 0.15) is 17.4 Å². The number of hydrogen-bond donors (Lipinski definition) is 1. The molecule has 27 heavy (non-hydrogen) atoms. The van der Waals surface area contributed by atoms with Crippen LogP contribution < -0.4 is 10.2 Å². The highest BCUT2D eigenvalue weighted by Crippen LogP contribution is 2.27. The van der Waals surface area contributed by atoms with Gasteiger partial charge in [-0.2, -0.15) is 0 Å². The van der Waals surface area contributed by atoms with E-state index >= 15 is 0 Å². The predicted octanol–water partition coefficient (Wildman–Crippen LogP) is 3.63. The fraction of sp³-hybridized carbons (Fsp3) is 0.273. The Balaban J connectivity index is 1.67. The van der Waals surface area contributed by atoms with Crippen LogP contribution in [0.4, 0.5) is 11.5 Å². The Morgan fingerprint density at radius 3 is 2.44 bits per heavy atom. The fourth-order valence-corrected chi connectivity index (χ4v) is 3.53. The summed E-state index contributed by atoms with van der Waals surface area (Å²) >= 11 is 0. The monoisotopic (exact) mass is 360 g/mol. The van der Waals surface area contributed by atoms with Crippen LogP contribution in [0, 0.1) is 0 Å². The van der Waals surface area contributed by atoms with Crippen LogP contribution in [0.3, 0.4) is 0 Å². The number of nitrogens with one attached hydrogen (secondary N) is 1. The molecule has 1 aliphatic heterocycles. The van der Waals surface area contributed by atoms with Crippen LogP contribution in [-0.4, -0.2) is 48.5 Å². The summed E-state index contributed by atoms with van der Waals surface area (Å²) in [7, 11) is 0. The minimum Gasteiger partial charge on any atom is -0.354 e. The van der Waals surface area contributed by atoms with Crippen LogP contribution in [-0.2, 0) is 0 Å². The van der Waals surface area contributed by atoms with E-state index in [9.17, 15) is 4.79 Å². The highest BCUT2D eigenvalue weighted by molar-refractivity contribution is 6.06. The molecular weight excluding hydrogens is 336 g/mol. The van der Waals surface area contributed by atoms with E-state index in [4.69, 9.17) is 4.98 Å². The second kappa shape index (κ2) is 7.76. The van der Waals surface area contributed by atoms with E-state index in [0.717, 1.165) is 55.0 Å². The Kier molecular flexibility index (Phi) is 5.03. The molecule has 1 N–H and O–H groups in total. The molecule has 1 fully saturated rings. The van der Waals surface area contributed by atoms with Gasteiger partial charge in [0.15, 0.2) is 0 Å². The summed E-state index contributed by atoms with van der Waals surface area (Å²) in [5.74, 6) is 0.725. The molecule has 0 aliphatic carbocycles. The summed E-state index contributed by atoms with van der Waals surface area (Å²) in [5, 5.41) is 5.08. The van der Waals surface area contributed by atoms with Crippen molar-refractivity contribution in [2.45, 2.75) is 6.92 Å². The SMILES string of the molecule is CCN1CCN(c2nc(C(=O)Nc3ccccc3)cc3ccccc23)CC1. The van der Waals surface area contributed by atoms with Crippen LogP contribution in [0.5, 0.6) is 0 Å². The van der Waals surface area contributed by atoms with E-state index < -0.39 is 0 Å². The maximum absolute atomic E-state index is 12.8. The molecule has 0 bridgehead atoms. The van der Waals surface area contributed by atoms with Gasteiger partial charge >= 0.3 is 0 Å². The Labute approximate surface area is 159 Å². The molecule has 1 saturated heterocycles. The lowest BCUT2D eigenvalue weighted by Crippen LogP contribution is -2.46. The van der Waals surface area contributed by atoms with Gasteiger partial charge in [-0.05, 0) is 30.1 Å². The number of aromatic nitrogens is 1. The third-order valence-electron chi connectivity index (χ3n) is 5.10. The second-order valence-electron chi connectivity index (χ2n) is 6.79. The van der Waals surface area contributed by atoms with Gasteiger partial charge in [-0.1, -0.05) is 49.4 Å². The molecule has 0 atom stereocenters.